The fraction of sp³-hybridized carbons (Fsp3) is 0.167. The Hall–Kier alpha value is -2.75. The Balaban J connectivity index is 1.70. The quantitative estimate of drug-likeness (QED) is 0.777. The minimum Gasteiger partial charge on any atom is -0.378 e. The van der Waals surface area contributed by atoms with E-state index in [2.05, 4.69) is 45.6 Å². The third-order valence-corrected chi connectivity index (χ3v) is 3.47. The summed E-state index contributed by atoms with van der Waals surface area (Å²) in [4.78, 5) is 2.09. The van der Waals surface area contributed by atoms with Gasteiger partial charge in [0.1, 0.15) is 0 Å². The summed E-state index contributed by atoms with van der Waals surface area (Å²) < 4.78 is 1.94. The molecule has 1 N–H and O–H groups in total. The van der Waals surface area contributed by atoms with E-state index in [4.69, 9.17) is 0 Å². The van der Waals surface area contributed by atoms with Crippen LogP contribution in [-0.4, -0.2) is 23.9 Å². The number of hydrogen-bond acceptors (Lipinski definition) is 3. The maximum atomic E-state index is 4.41. The van der Waals surface area contributed by atoms with Gasteiger partial charge < -0.3 is 10.2 Å². The highest BCUT2D eigenvalue weighted by Crippen LogP contribution is 2.21. The second kappa shape index (κ2) is 6.35. The molecule has 0 amide bonds. The van der Waals surface area contributed by atoms with Gasteiger partial charge >= 0.3 is 0 Å². The van der Waals surface area contributed by atoms with Crippen LogP contribution >= 0.6 is 0 Å². The molecule has 4 nitrogen and oxygen atoms in total. The van der Waals surface area contributed by atoms with Crippen molar-refractivity contribution in [3.8, 4) is 0 Å². The zero-order chi connectivity index (χ0) is 15.4. The monoisotopic (exact) mass is 292 g/mol. The first-order valence-corrected chi connectivity index (χ1v) is 7.31. The summed E-state index contributed by atoms with van der Waals surface area (Å²) in [6.07, 6.45) is 3.88. The molecule has 112 valence electrons. The van der Waals surface area contributed by atoms with Gasteiger partial charge in [-0.1, -0.05) is 36.4 Å². The number of rotatable bonds is 5. The Morgan fingerprint density at radius 1 is 1.00 bits per heavy atom. The summed E-state index contributed by atoms with van der Waals surface area (Å²) >= 11 is 0. The van der Waals surface area contributed by atoms with Gasteiger partial charge in [0, 0.05) is 31.7 Å². The van der Waals surface area contributed by atoms with Gasteiger partial charge in [-0.15, -0.1) is 0 Å². The molecule has 1 aromatic heterocycles. The molecule has 4 heteroatoms. The summed E-state index contributed by atoms with van der Waals surface area (Å²) in [5, 5.41) is 7.80. The summed E-state index contributed by atoms with van der Waals surface area (Å²) in [6.45, 7) is 0.778. The lowest BCUT2D eigenvalue weighted by atomic mass is 10.2. The second-order valence-corrected chi connectivity index (χ2v) is 5.48. The van der Waals surface area contributed by atoms with Crippen molar-refractivity contribution in [3.05, 3.63) is 72.6 Å². The third-order valence-electron chi connectivity index (χ3n) is 3.47. The smallest absolute Gasteiger partial charge is 0.0770 e. The van der Waals surface area contributed by atoms with Crippen molar-refractivity contribution in [1.82, 2.24) is 9.78 Å². The number of nitrogens with one attached hydrogen (secondary N) is 1. The Bertz CT molecular complexity index is 732. The van der Waals surface area contributed by atoms with E-state index >= 15 is 0 Å². The van der Waals surface area contributed by atoms with E-state index in [0.717, 1.165) is 17.9 Å². The molecule has 0 saturated heterocycles. The van der Waals surface area contributed by atoms with E-state index in [1.807, 2.05) is 55.4 Å². The predicted molar refractivity (Wildman–Crippen MR) is 91.8 cm³/mol. The standard InChI is InChI=1S/C18H20N4/c1-21(2)18-10-6-9-16(11-18)20-17-12-19-22(14-17)13-15-7-4-3-5-8-15/h3-12,14,20H,13H2,1-2H3. The average Bonchev–Trinajstić information content (AvgIpc) is 2.95. The molecular weight excluding hydrogens is 272 g/mol. The lowest BCUT2D eigenvalue weighted by Crippen LogP contribution is -2.08. The van der Waals surface area contributed by atoms with Crippen molar-refractivity contribution in [1.29, 1.82) is 0 Å². The summed E-state index contributed by atoms with van der Waals surface area (Å²) in [7, 11) is 4.08. The molecule has 0 fully saturated rings. The van der Waals surface area contributed by atoms with Crippen LogP contribution < -0.4 is 10.2 Å². The van der Waals surface area contributed by atoms with E-state index in [0.29, 0.717) is 0 Å². The van der Waals surface area contributed by atoms with Crippen molar-refractivity contribution < 1.29 is 0 Å². The van der Waals surface area contributed by atoms with Crippen LogP contribution in [-0.2, 0) is 6.54 Å². The summed E-state index contributed by atoms with van der Waals surface area (Å²) in [5.74, 6) is 0. The van der Waals surface area contributed by atoms with Crippen LogP contribution in [0.4, 0.5) is 17.1 Å². The zero-order valence-corrected chi connectivity index (χ0v) is 12.9. The molecule has 0 radical (unpaired) electrons. The van der Waals surface area contributed by atoms with Gasteiger partial charge in [0.25, 0.3) is 0 Å². The van der Waals surface area contributed by atoms with Crippen LogP contribution in [0.2, 0.25) is 0 Å². The Kier molecular flexibility index (Phi) is 4.10. The first-order valence-electron chi connectivity index (χ1n) is 7.31. The molecule has 1 heterocycles. The van der Waals surface area contributed by atoms with Gasteiger partial charge in [0.15, 0.2) is 0 Å². The maximum absolute atomic E-state index is 4.41. The Morgan fingerprint density at radius 3 is 2.59 bits per heavy atom. The normalized spacial score (nSPS) is 10.5. The average molecular weight is 292 g/mol. The van der Waals surface area contributed by atoms with Gasteiger partial charge in [-0.3, -0.25) is 4.68 Å². The molecule has 0 spiro atoms. The topological polar surface area (TPSA) is 33.1 Å². The fourth-order valence-electron chi connectivity index (χ4n) is 2.31. The van der Waals surface area contributed by atoms with Gasteiger partial charge in [-0.05, 0) is 23.8 Å². The molecule has 0 saturated carbocycles. The molecule has 0 bridgehead atoms. The van der Waals surface area contributed by atoms with E-state index in [9.17, 15) is 0 Å². The lowest BCUT2D eigenvalue weighted by molar-refractivity contribution is 0.687. The maximum Gasteiger partial charge on any atom is 0.0770 e. The fourth-order valence-corrected chi connectivity index (χ4v) is 2.31. The third kappa shape index (κ3) is 3.47. The van der Waals surface area contributed by atoms with Crippen molar-refractivity contribution >= 4 is 17.1 Å². The molecule has 3 rings (SSSR count). The van der Waals surface area contributed by atoms with Crippen LogP contribution in [0.15, 0.2) is 67.0 Å². The molecule has 0 unspecified atom stereocenters. The lowest BCUT2D eigenvalue weighted by Gasteiger charge is -2.13. The summed E-state index contributed by atoms with van der Waals surface area (Å²) in [5.41, 5.74) is 4.46. The molecule has 0 aliphatic heterocycles. The molecule has 2 aromatic carbocycles. The van der Waals surface area contributed by atoms with Gasteiger partial charge in [-0.25, -0.2) is 0 Å². The van der Waals surface area contributed by atoms with E-state index in [1.54, 1.807) is 0 Å². The van der Waals surface area contributed by atoms with E-state index in [1.165, 1.54) is 11.3 Å². The van der Waals surface area contributed by atoms with E-state index in [-0.39, 0.29) is 0 Å². The largest absolute Gasteiger partial charge is 0.378 e. The van der Waals surface area contributed by atoms with Crippen molar-refractivity contribution in [2.24, 2.45) is 0 Å². The number of nitrogens with zero attached hydrogens (tertiary/aromatic N) is 3. The molecule has 3 aromatic rings. The first kappa shape index (κ1) is 14.2. The summed E-state index contributed by atoms with van der Waals surface area (Å²) in [6, 6.07) is 18.6. The van der Waals surface area contributed by atoms with Crippen LogP contribution in [0.3, 0.4) is 0 Å². The number of anilines is 3. The van der Waals surface area contributed by atoms with Gasteiger partial charge in [0.2, 0.25) is 0 Å². The molecule has 0 atom stereocenters. The van der Waals surface area contributed by atoms with Crippen molar-refractivity contribution in [2.75, 3.05) is 24.3 Å². The molecular formula is C18H20N4. The minimum absolute atomic E-state index is 0.778. The highest BCUT2D eigenvalue weighted by atomic mass is 15.3. The minimum atomic E-state index is 0.778. The van der Waals surface area contributed by atoms with Crippen LogP contribution in [0.5, 0.6) is 0 Å². The highest BCUT2D eigenvalue weighted by molar-refractivity contribution is 5.64. The first-order chi connectivity index (χ1) is 10.7. The van der Waals surface area contributed by atoms with Crippen LogP contribution in [0.1, 0.15) is 5.56 Å². The van der Waals surface area contributed by atoms with Crippen molar-refractivity contribution in [3.63, 3.8) is 0 Å². The number of aromatic nitrogens is 2. The highest BCUT2D eigenvalue weighted by Gasteiger charge is 2.02. The number of hydrogen-bond donors (Lipinski definition) is 1. The van der Waals surface area contributed by atoms with Crippen LogP contribution in [0.25, 0.3) is 0 Å². The molecule has 22 heavy (non-hydrogen) atoms. The second-order valence-electron chi connectivity index (χ2n) is 5.48. The number of benzene rings is 2. The Morgan fingerprint density at radius 2 is 1.82 bits per heavy atom. The predicted octanol–water partition coefficient (Wildman–Crippen LogP) is 3.74. The van der Waals surface area contributed by atoms with Crippen molar-refractivity contribution in [2.45, 2.75) is 6.54 Å². The molecule has 0 aliphatic carbocycles. The van der Waals surface area contributed by atoms with Gasteiger partial charge in [0.05, 0.1) is 18.4 Å². The van der Waals surface area contributed by atoms with Crippen LogP contribution in [0, 0.1) is 0 Å². The molecule has 0 aliphatic rings. The zero-order valence-electron chi connectivity index (χ0n) is 12.9. The SMILES string of the molecule is CN(C)c1cccc(Nc2cnn(Cc3ccccc3)c2)c1. The van der Waals surface area contributed by atoms with E-state index < -0.39 is 0 Å². The Labute approximate surface area is 131 Å². The van der Waals surface area contributed by atoms with Gasteiger partial charge in [-0.2, -0.15) is 5.10 Å².